The van der Waals surface area contributed by atoms with E-state index in [1.807, 2.05) is 37.3 Å². The van der Waals surface area contributed by atoms with Gasteiger partial charge in [-0.2, -0.15) is 0 Å². The fourth-order valence-corrected chi connectivity index (χ4v) is 3.13. The summed E-state index contributed by atoms with van der Waals surface area (Å²) in [6.07, 6.45) is 2.39. The number of hydrogen-bond acceptors (Lipinski definition) is 4. The van der Waals surface area contributed by atoms with Crippen molar-refractivity contribution in [2.24, 2.45) is 0 Å². The van der Waals surface area contributed by atoms with E-state index in [0.717, 1.165) is 5.56 Å². The molecular formula is C20H22N2O4. The maximum Gasteiger partial charge on any atom is 0.348 e. The summed E-state index contributed by atoms with van der Waals surface area (Å²) in [6.45, 7) is 2.59. The summed E-state index contributed by atoms with van der Waals surface area (Å²) < 4.78 is 5.93. The molecule has 1 saturated heterocycles. The Balaban J connectivity index is 1.67. The van der Waals surface area contributed by atoms with Crippen LogP contribution in [0.2, 0.25) is 0 Å². The number of benzene rings is 1. The number of para-hydroxylation sites is 1. The molecule has 1 aliphatic rings. The first-order chi connectivity index (χ1) is 12.5. The van der Waals surface area contributed by atoms with E-state index in [1.54, 1.807) is 23.2 Å². The number of rotatable bonds is 5. The van der Waals surface area contributed by atoms with Crippen LogP contribution in [-0.4, -0.2) is 45.6 Å². The number of aromatic nitrogens is 1. The first-order valence-corrected chi connectivity index (χ1v) is 8.66. The quantitative estimate of drug-likeness (QED) is 0.892. The Morgan fingerprint density at radius 1 is 1.15 bits per heavy atom. The highest BCUT2D eigenvalue weighted by molar-refractivity contribution is 5.81. The summed E-state index contributed by atoms with van der Waals surface area (Å²) >= 11 is 0. The van der Waals surface area contributed by atoms with Crippen LogP contribution >= 0.6 is 0 Å². The molecule has 2 aromatic rings. The molecule has 1 aliphatic heterocycles. The van der Waals surface area contributed by atoms with Gasteiger partial charge in [0.1, 0.15) is 5.75 Å². The second-order valence-electron chi connectivity index (χ2n) is 6.55. The number of aryl methyl sites for hydroxylation is 1. The molecule has 1 aromatic carbocycles. The lowest BCUT2D eigenvalue weighted by Crippen LogP contribution is -2.54. The third-order valence-electron chi connectivity index (χ3n) is 4.77. The number of carbonyl (C=O) groups is 2. The molecule has 6 heteroatoms. The van der Waals surface area contributed by atoms with Crippen LogP contribution in [0, 0.1) is 6.92 Å². The van der Waals surface area contributed by atoms with E-state index in [-0.39, 0.29) is 25.2 Å². The van der Waals surface area contributed by atoms with Gasteiger partial charge in [0, 0.05) is 37.8 Å². The lowest BCUT2D eigenvalue weighted by atomic mass is 9.90. The number of likely N-dealkylation sites (tertiary alicyclic amines) is 1. The molecule has 0 aliphatic carbocycles. The fraction of sp³-hybridized carbons (Fsp3) is 0.350. The largest absolute Gasteiger partial charge is 0.478 e. The molecule has 136 valence electrons. The Morgan fingerprint density at radius 2 is 1.85 bits per heavy atom. The Kier molecular flexibility index (Phi) is 5.21. The number of aliphatic carboxylic acids is 1. The maximum atomic E-state index is 12.5. The summed E-state index contributed by atoms with van der Waals surface area (Å²) in [6, 6.07) is 12.8. The first kappa shape index (κ1) is 17.9. The van der Waals surface area contributed by atoms with Crippen molar-refractivity contribution in [2.75, 3.05) is 13.1 Å². The van der Waals surface area contributed by atoms with E-state index in [0.29, 0.717) is 24.5 Å². The molecule has 26 heavy (non-hydrogen) atoms. The van der Waals surface area contributed by atoms with Gasteiger partial charge in [0.15, 0.2) is 0 Å². The topological polar surface area (TPSA) is 79.7 Å². The average Bonchev–Trinajstić information content (AvgIpc) is 2.65. The van der Waals surface area contributed by atoms with Gasteiger partial charge < -0.3 is 14.7 Å². The van der Waals surface area contributed by atoms with Crippen LogP contribution in [-0.2, 0) is 16.0 Å². The number of piperidine rings is 1. The molecule has 3 rings (SSSR count). The Hall–Kier alpha value is -2.89. The number of ether oxygens (including phenoxy) is 1. The van der Waals surface area contributed by atoms with Gasteiger partial charge in [-0.3, -0.25) is 9.78 Å². The van der Waals surface area contributed by atoms with Crippen molar-refractivity contribution in [1.29, 1.82) is 0 Å². The predicted molar refractivity (Wildman–Crippen MR) is 95.9 cm³/mol. The zero-order chi connectivity index (χ0) is 18.6. The van der Waals surface area contributed by atoms with Crippen LogP contribution < -0.4 is 4.74 Å². The SMILES string of the molecule is Cc1ccccc1OC1(C(=O)O)CCN(C(=O)Cc2ccccn2)CC1. The third kappa shape index (κ3) is 3.85. The fourth-order valence-electron chi connectivity index (χ4n) is 3.13. The third-order valence-corrected chi connectivity index (χ3v) is 4.77. The number of nitrogens with zero attached hydrogens (tertiary/aromatic N) is 2. The summed E-state index contributed by atoms with van der Waals surface area (Å²) in [7, 11) is 0. The van der Waals surface area contributed by atoms with Gasteiger partial charge in [-0.1, -0.05) is 24.3 Å². The van der Waals surface area contributed by atoms with Crippen molar-refractivity contribution < 1.29 is 19.4 Å². The van der Waals surface area contributed by atoms with Gasteiger partial charge >= 0.3 is 5.97 Å². The second kappa shape index (κ2) is 7.56. The highest BCUT2D eigenvalue weighted by atomic mass is 16.5. The Bertz CT molecular complexity index is 783. The lowest BCUT2D eigenvalue weighted by molar-refractivity contribution is -0.161. The highest BCUT2D eigenvalue weighted by Crippen LogP contribution is 2.31. The summed E-state index contributed by atoms with van der Waals surface area (Å²) in [5, 5.41) is 9.76. The molecule has 1 N–H and O–H groups in total. The van der Waals surface area contributed by atoms with Crippen LogP contribution in [0.5, 0.6) is 5.75 Å². The molecule has 0 saturated carbocycles. The number of carbonyl (C=O) groups excluding carboxylic acids is 1. The molecule has 1 aromatic heterocycles. The molecule has 2 heterocycles. The molecule has 0 unspecified atom stereocenters. The number of hydrogen-bond donors (Lipinski definition) is 1. The lowest BCUT2D eigenvalue weighted by Gasteiger charge is -2.39. The minimum atomic E-state index is -1.30. The molecular weight excluding hydrogens is 332 g/mol. The first-order valence-electron chi connectivity index (χ1n) is 8.66. The number of pyridine rings is 1. The smallest absolute Gasteiger partial charge is 0.348 e. The number of carboxylic acids is 1. The van der Waals surface area contributed by atoms with E-state index in [2.05, 4.69) is 4.98 Å². The van der Waals surface area contributed by atoms with Crippen molar-refractivity contribution in [1.82, 2.24) is 9.88 Å². The summed E-state index contributed by atoms with van der Waals surface area (Å²) in [4.78, 5) is 30.2. The molecule has 0 atom stereocenters. The molecule has 6 nitrogen and oxygen atoms in total. The summed E-state index contributed by atoms with van der Waals surface area (Å²) in [5.74, 6) is -0.459. The second-order valence-corrected chi connectivity index (χ2v) is 6.55. The van der Waals surface area contributed by atoms with Crippen molar-refractivity contribution in [3.8, 4) is 5.75 Å². The molecule has 0 bridgehead atoms. The van der Waals surface area contributed by atoms with Gasteiger partial charge in [0.05, 0.1) is 6.42 Å². The maximum absolute atomic E-state index is 12.5. The van der Waals surface area contributed by atoms with Crippen molar-refractivity contribution in [3.05, 3.63) is 59.9 Å². The van der Waals surface area contributed by atoms with Crippen LogP contribution in [0.3, 0.4) is 0 Å². The Morgan fingerprint density at radius 3 is 2.46 bits per heavy atom. The minimum Gasteiger partial charge on any atom is -0.478 e. The molecule has 1 fully saturated rings. The highest BCUT2D eigenvalue weighted by Gasteiger charge is 2.45. The predicted octanol–water partition coefficient (Wildman–Crippen LogP) is 2.46. The van der Waals surface area contributed by atoms with Gasteiger partial charge in [0.2, 0.25) is 11.5 Å². The van der Waals surface area contributed by atoms with E-state index in [4.69, 9.17) is 4.74 Å². The van der Waals surface area contributed by atoms with E-state index in [9.17, 15) is 14.7 Å². The minimum absolute atomic E-state index is 0.0430. The zero-order valence-corrected chi connectivity index (χ0v) is 14.7. The molecule has 0 radical (unpaired) electrons. The molecule has 0 spiro atoms. The van der Waals surface area contributed by atoms with Crippen molar-refractivity contribution >= 4 is 11.9 Å². The van der Waals surface area contributed by atoms with Gasteiger partial charge in [0.25, 0.3) is 0 Å². The van der Waals surface area contributed by atoms with E-state index >= 15 is 0 Å². The summed E-state index contributed by atoms with van der Waals surface area (Å²) in [5.41, 5.74) is 0.305. The average molecular weight is 354 g/mol. The van der Waals surface area contributed by atoms with Crippen molar-refractivity contribution in [3.63, 3.8) is 0 Å². The van der Waals surface area contributed by atoms with Crippen LogP contribution in [0.15, 0.2) is 48.7 Å². The van der Waals surface area contributed by atoms with Gasteiger partial charge in [-0.05, 0) is 30.7 Å². The van der Waals surface area contributed by atoms with E-state index < -0.39 is 11.6 Å². The normalized spacial score (nSPS) is 16.1. The monoisotopic (exact) mass is 354 g/mol. The zero-order valence-electron chi connectivity index (χ0n) is 14.7. The molecule has 1 amide bonds. The number of carboxylic acid groups (broad SMARTS) is 1. The van der Waals surface area contributed by atoms with Gasteiger partial charge in [-0.15, -0.1) is 0 Å². The Labute approximate surface area is 152 Å². The van der Waals surface area contributed by atoms with Crippen LogP contribution in [0.1, 0.15) is 24.1 Å². The van der Waals surface area contributed by atoms with Crippen LogP contribution in [0.4, 0.5) is 0 Å². The number of amides is 1. The van der Waals surface area contributed by atoms with Gasteiger partial charge in [-0.25, -0.2) is 4.79 Å². The standard InChI is InChI=1S/C20H22N2O4/c1-15-6-2-3-8-17(15)26-20(19(24)25)9-12-22(13-10-20)18(23)14-16-7-4-5-11-21-16/h2-8,11H,9-10,12-14H2,1H3,(H,24,25). The van der Waals surface area contributed by atoms with Crippen molar-refractivity contribution in [2.45, 2.75) is 31.8 Å². The van der Waals surface area contributed by atoms with Crippen LogP contribution in [0.25, 0.3) is 0 Å². The van der Waals surface area contributed by atoms with E-state index in [1.165, 1.54) is 0 Å².